The molecule has 4 saturated carbocycles. The number of aromatic nitrogens is 4. The highest BCUT2D eigenvalue weighted by Gasteiger charge is 2.63. The van der Waals surface area contributed by atoms with Gasteiger partial charge in [-0.3, -0.25) is 10.2 Å². The van der Waals surface area contributed by atoms with Crippen LogP contribution in [0.1, 0.15) is 30.7 Å². The molecular formula is C22H23N7O2. The first-order valence-electron chi connectivity index (χ1n) is 10.7. The summed E-state index contributed by atoms with van der Waals surface area (Å²) in [4.78, 5) is 20.9. The number of nitrogens with zero attached hydrogens (tertiary/aromatic N) is 4. The molecule has 7 rings (SSSR count). The molecule has 3 aromatic heterocycles. The number of aliphatic carboxylic acids is 1. The van der Waals surface area contributed by atoms with Gasteiger partial charge in [-0.2, -0.15) is 0 Å². The molecule has 3 aromatic rings. The third-order valence-corrected chi connectivity index (χ3v) is 7.44. The van der Waals surface area contributed by atoms with E-state index in [-0.39, 0.29) is 29.3 Å². The van der Waals surface area contributed by atoms with Crippen LogP contribution >= 0.6 is 0 Å². The lowest BCUT2D eigenvalue weighted by atomic mass is 9.61. The van der Waals surface area contributed by atoms with E-state index in [4.69, 9.17) is 11.1 Å². The molecule has 4 fully saturated rings. The molecule has 0 saturated heterocycles. The lowest BCUT2D eigenvalue weighted by molar-refractivity contribution is -0.148. The average Bonchev–Trinajstić information content (AvgIpc) is 3.45. The molecule has 158 valence electrons. The molecule has 9 heteroatoms. The van der Waals surface area contributed by atoms with Gasteiger partial charge in [0.05, 0.1) is 5.92 Å². The minimum atomic E-state index is -0.728. The number of pyridine rings is 1. The molecule has 3 heterocycles. The van der Waals surface area contributed by atoms with Gasteiger partial charge in [0.15, 0.2) is 5.82 Å². The molecule has 5 N–H and O–H groups in total. The average molecular weight is 417 g/mol. The summed E-state index contributed by atoms with van der Waals surface area (Å²) >= 11 is 0. The molecule has 0 radical (unpaired) electrons. The fourth-order valence-corrected chi connectivity index (χ4v) is 6.05. The van der Waals surface area contributed by atoms with Gasteiger partial charge in [-0.05, 0) is 67.2 Å². The summed E-state index contributed by atoms with van der Waals surface area (Å²) in [6.45, 7) is 0. The second-order valence-corrected chi connectivity index (χ2v) is 8.94. The van der Waals surface area contributed by atoms with Crippen LogP contribution in [0.2, 0.25) is 0 Å². The lowest BCUT2D eigenvalue weighted by Crippen LogP contribution is -2.52. The quantitative estimate of drug-likeness (QED) is 0.466. The van der Waals surface area contributed by atoms with Gasteiger partial charge in [-0.1, -0.05) is 0 Å². The first-order chi connectivity index (χ1) is 15.0. The molecule has 0 aliphatic heterocycles. The predicted octanol–water partition coefficient (Wildman–Crippen LogP) is 2.28. The number of nitrogens with one attached hydrogen (secondary N) is 2. The number of fused-ring (bicyclic) bond motifs is 3. The van der Waals surface area contributed by atoms with Crippen molar-refractivity contribution in [1.29, 1.82) is 5.41 Å². The van der Waals surface area contributed by atoms with Gasteiger partial charge in [0.25, 0.3) is 0 Å². The van der Waals surface area contributed by atoms with Crippen molar-refractivity contribution in [1.82, 2.24) is 19.6 Å². The molecule has 4 aliphatic carbocycles. The Morgan fingerprint density at radius 1 is 1.19 bits per heavy atom. The van der Waals surface area contributed by atoms with Gasteiger partial charge >= 0.3 is 5.97 Å². The number of rotatable bonds is 5. The van der Waals surface area contributed by atoms with E-state index in [2.05, 4.69) is 20.4 Å². The number of hydrogen-bond donors (Lipinski definition) is 4. The molecule has 2 bridgehead atoms. The lowest BCUT2D eigenvalue weighted by Gasteiger charge is -2.46. The van der Waals surface area contributed by atoms with Crippen LogP contribution in [0.25, 0.3) is 5.52 Å². The highest BCUT2D eigenvalue weighted by molar-refractivity contribution is 6.11. The normalized spacial score (nSPS) is 30.7. The Balaban J connectivity index is 1.40. The molecule has 31 heavy (non-hydrogen) atoms. The van der Waals surface area contributed by atoms with Crippen LogP contribution in [0.15, 0.2) is 36.7 Å². The zero-order chi connectivity index (χ0) is 21.3. The Labute approximate surface area is 178 Å². The summed E-state index contributed by atoms with van der Waals surface area (Å²) < 4.78 is 1.67. The van der Waals surface area contributed by atoms with Gasteiger partial charge in [0, 0.05) is 24.0 Å². The van der Waals surface area contributed by atoms with Crippen LogP contribution in [0.3, 0.4) is 0 Å². The van der Waals surface area contributed by atoms with Crippen molar-refractivity contribution >= 4 is 28.8 Å². The second-order valence-electron chi connectivity index (χ2n) is 8.94. The summed E-state index contributed by atoms with van der Waals surface area (Å²) in [6.07, 6.45) is 6.58. The molecule has 4 aliphatic rings. The Hall–Kier alpha value is -3.49. The highest BCUT2D eigenvalue weighted by Crippen LogP contribution is 2.64. The van der Waals surface area contributed by atoms with E-state index in [0.717, 1.165) is 24.8 Å². The predicted molar refractivity (Wildman–Crippen MR) is 114 cm³/mol. The maximum atomic E-state index is 12.2. The van der Waals surface area contributed by atoms with Crippen LogP contribution in [0, 0.1) is 35.0 Å². The Kier molecular flexibility index (Phi) is 3.84. The van der Waals surface area contributed by atoms with Crippen molar-refractivity contribution in [2.24, 2.45) is 29.6 Å². The number of carbonyl (C=O) groups is 1. The van der Waals surface area contributed by atoms with Crippen molar-refractivity contribution < 1.29 is 9.90 Å². The highest BCUT2D eigenvalue weighted by atomic mass is 16.4. The van der Waals surface area contributed by atoms with Crippen LogP contribution < -0.4 is 11.1 Å². The van der Waals surface area contributed by atoms with E-state index in [1.807, 2.05) is 12.1 Å². The van der Waals surface area contributed by atoms with Gasteiger partial charge in [-0.25, -0.2) is 14.5 Å². The van der Waals surface area contributed by atoms with Gasteiger partial charge < -0.3 is 16.2 Å². The summed E-state index contributed by atoms with van der Waals surface area (Å²) in [6, 6.07) is 7.02. The Morgan fingerprint density at radius 3 is 2.81 bits per heavy atom. The SMILES string of the molecule is N=C(c1nc(N[C@H]2[C@@H]3CC[C@@H]([C@@H]4C[C@@H]43)[C@@H]2C(=O)O)c2cccn2n1)c1cccnc1N. The van der Waals surface area contributed by atoms with Crippen molar-refractivity contribution in [2.75, 3.05) is 11.1 Å². The number of hydrogen-bond acceptors (Lipinski definition) is 7. The molecular weight excluding hydrogens is 394 g/mol. The molecule has 6 atom stereocenters. The first kappa shape index (κ1) is 18.3. The van der Waals surface area contributed by atoms with E-state index in [1.54, 1.807) is 29.0 Å². The third-order valence-electron chi connectivity index (χ3n) is 7.44. The Bertz CT molecular complexity index is 1220. The van der Waals surface area contributed by atoms with Crippen molar-refractivity contribution in [3.63, 3.8) is 0 Å². The fourth-order valence-electron chi connectivity index (χ4n) is 6.05. The Morgan fingerprint density at radius 2 is 2.00 bits per heavy atom. The topological polar surface area (TPSA) is 142 Å². The van der Waals surface area contributed by atoms with Crippen molar-refractivity contribution in [3.8, 4) is 0 Å². The molecule has 0 unspecified atom stereocenters. The van der Waals surface area contributed by atoms with E-state index in [1.165, 1.54) is 0 Å². The maximum absolute atomic E-state index is 12.2. The van der Waals surface area contributed by atoms with E-state index >= 15 is 0 Å². The summed E-state index contributed by atoms with van der Waals surface area (Å²) in [5.74, 6) is 1.66. The minimum Gasteiger partial charge on any atom is -0.481 e. The van der Waals surface area contributed by atoms with Crippen LogP contribution in [-0.4, -0.2) is 42.4 Å². The van der Waals surface area contributed by atoms with Gasteiger partial charge in [0.2, 0.25) is 5.82 Å². The maximum Gasteiger partial charge on any atom is 0.308 e. The van der Waals surface area contributed by atoms with Gasteiger partial charge in [0.1, 0.15) is 17.0 Å². The number of carboxylic acid groups (broad SMARTS) is 1. The number of nitrogens with two attached hydrogens (primary N) is 1. The number of carboxylic acids is 1. The summed E-state index contributed by atoms with van der Waals surface area (Å²) in [5, 5.41) is 26.6. The van der Waals surface area contributed by atoms with E-state index < -0.39 is 11.9 Å². The number of anilines is 2. The van der Waals surface area contributed by atoms with Crippen LogP contribution in [0.4, 0.5) is 11.6 Å². The fraction of sp³-hybridized carbons (Fsp3) is 0.409. The second kappa shape index (κ2) is 6.50. The zero-order valence-corrected chi connectivity index (χ0v) is 16.8. The van der Waals surface area contributed by atoms with E-state index in [9.17, 15) is 9.90 Å². The van der Waals surface area contributed by atoms with Gasteiger partial charge in [-0.15, -0.1) is 5.10 Å². The third kappa shape index (κ3) is 2.72. The minimum absolute atomic E-state index is 0.0754. The van der Waals surface area contributed by atoms with Crippen molar-refractivity contribution in [2.45, 2.75) is 25.3 Å². The monoisotopic (exact) mass is 417 g/mol. The van der Waals surface area contributed by atoms with Crippen LogP contribution in [0.5, 0.6) is 0 Å². The standard InChI is InChI=1S/C22H23N7O2/c23-17(12-3-1-7-25-19(12)24)21-27-20(15-4-2-8-29(15)28-21)26-18-11-6-5-10(13-9-14(11)13)16(18)22(30)31/h1-4,7-8,10-11,13-14,16,18,23H,5-6,9H2,(H2,24,25)(H,30,31)(H,26,27,28)/t10-,11+,13-,14+,16-,18-/m0/s1. The smallest absolute Gasteiger partial charge is 0.308 e. The summed E-state index contributed by atoms with van der Waals surface area (Å²) in [5.41, 5.74) is 7.25. The van der Waals surface area contributed by atoms with Crippen molar-refractivity contribution in [3.05, 3.63) is 48.0 Å². The van der Waals surface area contributed by atoms with E-state index in [0.29, 0.717) is 29.1 Å². The molecule has 0 amide bonds. The molecule has 0 aromatic carbocycles. The summed E-state index contributed by atoms with van der Waals surface area (Å²) in [7, 11) is 0. The molecule has 9 nitrogen and oxygen atoms in total. The largest absolute Gasteiger partial charge is 0.481 e. The molecule has 0 spiro atoms. The number of nitrogen functional groups attached to an aromatic ring is 1. The zero-order valence-electron chi connectivity index (χ0n) is 16.8. The first-order valence-corrected chi connectivity index (χ1v) is 10.7. The van der Waals surface area contributed by atoms with Crippen LogP contribution in [-0.2, 0) is 4.79 Å².